The minimum absolute atomic E-state index is 0.120. The Labute approximate surface area is 183 Å². The van der Waals surface area contributed by atoms with Gasteiger partial charge in [0.15, 0.2) is 0 Å². The second-order valence-corrected chi connectivity index (χ2v) is 8.33. The van der Waals surface area contributed by atoms with Crippen molar-refractivity contribution in [2.24, 2.45) is 0 Å². The van der Waals surface area contributed by atoms with Gasteiger partial charge in [-0.15, -0.1) is 11.8 Å². The Morgan fingerprint density at radius 3 is 2.35 bits per heavy atom. The van der Waals surface area contributed by atoms with Crippen LogP contribution in [0.2, 0.25) is 0 Å². The Balaban J connectivity index is 2.01. The van der Waals surface area contributed by atoms with Crippen LogP contribution in [0.3, 0.4) is 0 Å². The summed E-state index contributed by atoms with van der Waals surface area (Å²) in [6.45, 7) is 3.31. The first-order valence-electron chi connectivity index (χ1n) is 9.95. The average molecular weight is 452 g/mol. The number of benzene rings is 2. The molecule has 0 aliphatic carbocycles. The number of hydrogen-bond donors (Lipinski definition) is 2. The molecule has 166 valence electrons. The number of likely N-dealkylation sites (N-methyl/N-ethyl adjacent to an activating group) is 2. The standard InChI is InChI=1S/C22H24F3N3O2S/c1-4-28-18(22(23,24)25)12-16(19(26-3)21(28)30)27-20(29)15-10-13-8-6-7-9-14(13)11-17(15)31-5-2/h6-12,16,19,26H,4-5H2,1-3H3,(H,27,29). The molecule has 1 aliphatic heterocycles. The minimum Gasteiger partial charge on any atom is -0.344 e. The van der Waals surface area contributed by atoms with Gasteiger partial charge in [0, 0.05) is 11.4 Å². The van der Waals surface area contributed by atoms with Crippen LogP contribution in [0, 0.1) is 0 Å². The molecular formula is C22H24F3N3O2S. The van der Waals surface area contributed by atoms with Crippen LogP contribution in [0.5, 0.6) is 0 Å². The smallest absolute Gasteiger partial charge is 0.344 e. The average Bonchev–Trinajstić information content (AvgIpc) is 2.72. The molecule has 0 aromatic heterocycles. The van der Waals surface area contributed by atoms with E-state index in [9.17, 15) is 22.8 Å². The van der Waals surface area contributed by atoms with Crippen molar-refractivity contribution in [1.29, 1.82) is 0 Å². The molecule has 2 amide bonds. The van der Waals surface area contributed by atoms with Gasteiger partial charge in [0.2, 0.25) is 5.91 Å². The molecule has 2 unspecified atom stereocenters. The number of nitrogens with one attached hydrogen (secondary N) is 2. The van der Waals surface area contributed by atoms with E-state index in [-0.39, 0.29) is 6.54 Å². The molecule has 9 heteroatoms. The molecule has 2 N–H and O–H groups in total. The quantitative estimate of drug-likeness (QED) is 0.653. The predicted molar refractivity (Wildman–Crippen MR) is 116 cm³/mol. The van der Waals surface area contributed by atoms with Gasteiger partial charge in [-0.25, -0.2) is 0 Å². The monoisotopic (exact) mass is 451 g/mol. The zero-order chi connectivity index (χ0) is 22.8. The van der Waals surface area contributed by atoms with Gasteiger partial charge in [-0.2, -0.15) is 13.2 Å². The van der Waals surface area contributed by atoms with Crippen LogP contribution in [0.1, 0.15) is 24.2 Å². The highest BCUT2D eigenvalue weighted by molar-refractivity contribution is 7.99. The van der Waals surface area contributed by atoms with E-state index in [2.05, 4.69) is 10.6 Å². The molecule has 31 heavy (non-hydrogen) atoms. The van der Waals surface area contributed by atoms with E-state index in [1.165, 1.54) is 25.7 Å². The molecule has 1 heterocycles. The molecule has 1 aliphatic rings. The number of allylic oxidation sites excluding steroid dienone is 1. The Morgan fingerprint density at radius 2 is 1.81 bits per heavy atom. The number of amides is 2. The largest absolute Gasteiger partial charge is 0.431 e. The van der Waals surface area contributed by atoms with Crippen molar-refractivity contribution in [1.82, 2.24) is 15.5 Å². The second kappa shape index (κ2) is 9.32. The maximum absolute atomic E-state index is 13.6. The fraction of sp³-hybridized carbons (Fsp3) is 0.364. The van der Waals surface area contributed by atoms with E-state index in [0.717, 1.165) is 27.5 Å². The van der Waals surface area contributed by atoms with E-state index in [4.69, 9.17) is 0 Å². The summed E-state index contributed by atoms with van der Waals surface area (Å²) in [5.41, 5.74) is -0.689. The second-order valence-electron chi connectivity index (χ2n) is 7.03. The molecule has 0 bridgehead atoms. The van der Waals surface area contributed by atoms with Crippen LogP contribution < -0.4 is 10.6 Å². The Kier molecular flexibility index (Phi) is 6.96. The van der Waals surface area contributed by atoms with Crippen molar-refractivity contribution in [3.05, 3.63) is 53.7 Å². The summed E-state index contributed by atoms with van der Waals surface area (Å²) < 4.78 is 40.7. The van der Waals surface area contributed by atoms with Crippen LogP contribution in [0.4, 0.5) is 13.2 Å². The highest BCUT2D eigenvalue weighted by Crippen LogP contribution is 2.33. The molecule has 0 radical (unpaired) electrons. The maximum Gasteiger partial charge on any atom is 0.431 e. The number of thioether (sulfide) groups is 1. The molecule has 5 nitrogen and oxygen atoms in total. The number of rotatable bonds is 6. The molecule has 0 fully saturated rings. The molecular weight excluding hydrogens is 427 g/mol. The topological polar surface area (TPSA) is 61.4 Å². The molecule has 0 saturated carbocycles. The number of alkyl halides is 3. The van der Waals surface area contributed by atoms with Crippen LogP contribution >= 0.6 is 11.8 Å². The lowest BCUT2D eigenvalue weighted by molar-refractivity contribution is -0.146. The van der Waals surface area contributed by atoms with Gasteiger partial charge in [-0.05, 0) is 48.7 Å². The van der Waals surface area contributed by atoms with Crippen LogP contribution in [-0.4, -0.2) is 54.3 Å². The molecule has 3 rings (SSSR count). The molecule has 2 aromatic rings. The Bertz CT molecular complexity index is 1020. The van der Waals surface area contributed by atoms with Crippen molar-refractivity contribution in [3.8, 4) is 0 Å². The summed E-state index contributed by atoms with van der Waals surface area (Å²) in [5.74, 6) is -0.530. The maximum atomic E-state index is 13.6. The zero-order valence-electron chi connectivity index (χ0n) is 17.4. The molecule has 0 saturated heterocycles. The van der Waals surface area contributed by atoms with Crippen LogP contribution in [-0.2, 0) is 4.79 Å². The summed E-state index contributed by atoms with van der Waals surface area (Å²) in [4.78, 5) is 27.3. The number of fused-ring (bicyclic) bond motifs is 1. The lowest BCUT2D eigenvalue weighted by Crippen LogP contribution is -2.60. The lowest BCUT2D eigenvalue weighted by Gasteiger charge is -2.37. The summed E-state index contributed by atoms with van der Waals surface area (Å²) in [6, 6.07) is 9.04. The van der Waals surface area contributed by atoms with Gasteiger partial charge in [0.05, 0.1) is 11.6 Å². The van der Waals surface area contributed by atoms with Gasteiger partial charge in [0.25, 0.3) is 5.91 Å². The van der Waals surface area contributed by atoms with Crippen molar-refractivity contribution in [2.45, 2.75) is 37.0 Å². The molecule has 2 atom stereocenters. The van der Waals surface area contributed by atoms with Crippen LogP contribution in [0.25, 0.3) is 10.8 Å². The summed E-state index contributed by atoms with van der Waals surface area (Å²) in [5, 5.41) is 7.20. The SMILES string of the molecule is CCSc1cc2ccccc2cc1C(=O)NC1C=C(C(F)(F)F)N(CC)C(=O)C1NC. The summed E-state index contributed by atoms with van der Waals surface area (Å²) in [6.07, 6.45) is -3.79. The fourth-order valence-corrected chi connectivity index (χ4v) is 4.53. The molecule has 0 spiro atoms. The predicted octanol–water partition coefficient (Wildman–Crippen LogP) is 3.95. The van der Waals surface area contributed by atoms with E-state index in [1.54, 1.807) is 6.07 Å². The highest BCUT2D eigenvalue weighted by atomic mass is 32.2. The van der Waals surface area contributed by atoms with Gasteiger partial charge < -0.3 is 15.5 Å². The first kappa shape index (κ1) is 23.1. The van der Waals surface area contributed by atoms with Crippen molar-refractivity contribution < 1.29 is 22.8 Å². The van der Waals surface area contributed by atoms with Gasteiger partial charge in [-0.1, -0.05) is 31.2 Å². The normalized spacial score (nSPS) is 19.5. The fourth-order valence-electron chi connectivity index (χ4n) is 3.70. The Morgan fingerprint density at radius 1 is 1.16 bits per heavy atom. The Hall–Kier alpha value is -2.52. The summed E-state index contributed by atoms with van der Waals surface area (Å²) >= 11 is 1.48. The first-order valence-corrected chi connectivity index (χ1v) is 10.9. The van der Waals surface area contributed by atoms with E-state index < -0.39 is 35.8 Å². The third-order valence-corrected chi connectivity index (χ3v) is 6.06. The van der Waals surface area contributed by atoms with E-state index in [1.807, 2.05) is 37.3 Å². The van der Waals surface area contributed by atoms with Gasteiger partial charge >= 0.3 is 6.18 Å². The zero-order valence-corrected chi connectivity index (χ0v) is 18.2. The van der Waals surface area contributed by atoms with Crippen LogP contribution in [0.15, 0.2) is 53.1 Å². The van der Waals surface area contributed by atoms with Crippen molar-refractivity contribution >= 4 is 34.3 Å². The number of halogens is 3. The third-order valence-electron chi connectivity index (χ3n) is 5.13. The first-order chi connectivity index (χ1) is 14.7. The number of hydrogen-bond acceptors (Lipinski definition) is 4. The van der Waals surface area contributed by atoms with Gasteiger partial charge in [-0.3, -0.25) is 9.59 Å². The lowest BCUT2D eigenvalue weighted by atomic mass is 9.98. The van der Waals surface area contributed by atoms with Crippen molar-refractivity contribution in [3.63, 3.8) is 0 Å². The number of carbonyl (C=O) groups is 2. The number of nitrogens with zero attached hydrogens (tertiary/aromatic N) is 1. The van der Waals surface area contributed by atoms with Crippen molar-refractivity contribution in [2.75, 3.05) is 19.3 Å². The third kappa shape index (κ3) is 4.72. The minimum atomic E-state index is -4.71. The van der Waals surface area contributed by atoms with Gasteiger partial charge in [0.1, 0.15) is 11.7 Å². The molecule has 2 aromatic carbocycles. The number of carbonyl (C=O) groups excluding carboxylic acids is 2. The highest BCUT2D eigenvalue weighted by Gasteiger charge is 2.46. The van der Waals surface area contributed by atoms with E-state index >= 15 is 0 Å². The van der Waals surface area contributed by atoms with E-state index in [0.29, 0.717) is 10.5 Å². The summed E-state index contributed by atoms with van der Waals surface area (Å²) in [7, 11) is 1.48.